The Morgan fingerprint density at radius 2 is 1.82 bits per heavy atom. The van der Waals surface area contributed by atoms with Crippen LogP contribution in [0.2, 0.25) is 0 Å². The van der Waals surface area contributed by atoms with Crippen molar-refractivity contribution in [2.45, 2.75) is 19.9 Å². The molecule has 0 N–H and O–H groups in total. The summed E-state index contributed by atoms with van der Waals surface area (Å²) in [7, 11) is 7.10. The van der Waals surface area contributed by atoms with Gasteiger partial charge in [-0.2, -0.15) is 0 Å². The van der Waals surface area contributed by atoms with Gasteiger partial charge in [-0.05, 0) is 49.8 Å². The van der Waals surface area contributed by atoms with E-state index in [0.717, 1.165) is 16.8 Å². The maximum Gasteiger partial charge on any atom is 0.271 e. The number of methoxy groups -OCH3 is 2. The standard InChI is InChI=1S/C26H27N3O4S/c1-15-23(16(2)30)24(17-7-10-19(11-8-17)28(3)4)29-25(31)22(34-26(29)27-15)13-18-9-12-20(32-5)14-21(18)33-6/h7-14,24H,1-6H3/b22-13-/t24-/m0/s1. The van der Waals surface area contributed by atoms with Crippen molar-refractivity contribution < 1.29 is 14.3 Å². The lowest BCUT2D eigenvalue weighted by Gasteiger charge is -2.25. The predicted octanol–water partition coefficient (Wildman–Crippen LogP) is 2.91. The zero-order chi connectivity index (χ0) is 24.6. The minimum atomic E-state index is -0.537. The molecule has 1 atom stereocenters. The Bertz CT molecular complexity index is 1460. The van der Waals surface area contributed by atoms with Crippen molar-refractivity contribution in [2.24, 2.45) is 4.99 Å². The number of nitrogens with zero attached hydrogens (tertiary/aromatic N) is 3. The van der Waals surface area contributed by atoms with E-state index in [0.29, 0.717) is 32.1 Å². The first-order valence-corrected chi connectivity index (χ1v) is 11.6. The van der Waals surface area contributed by atoms with E-state index in [-0.39, 0.29) is 11.3 Å². The number of Topliss-reactive ketones (excluding diaryl/α,β-unsaturated/α-hetero) is 1. The summed E-state index contributed by atoms with van der Waals surface area (Å²) in [5.41, 5.74) is 3.60. The monoisotopic (exact) mass is 477 g/mol. The number of benzene rings is 2. The number of anilines is 1. The van der Waals surface area contributed by atoms with Gasteiger partial charge in [0, 0.05) is 42.7 Å². The SMILES string of the molecule is COc1ccc(/C=c2\sc3n(c2=O)[C@@H](c2ccc(N(C)C)cc2)C(C(C)=O)=C(C)N=3)c(OC)c1. The predicted molar refractivity (Wildman–Crippen MR) is 135 cm³/mol. The number of hydrogen-bond acceptors (Lipinski definition) is 7. The van der Waals surface area contributed by atoms with Crippen LogP contribution in [0.1, 0.15) is 31.0 Å². The number of hydrogen-bond donors (Lipinski definition) is 0. The number of thiazole rings is 1. The molecule has 1 aliphatic heterocycles. The Kier molecular flexibility index (Phi) is 6.43. The molecule has 4 rings (SSSR count). The van der Waals surface area contributed by atoms with Gasteiger partial charge in [0.1, 0.15) is 11.5 Å². The Balaban J connectivity index is 1.93. The number of allylic oxidation sites excluding steroid dienone is 2. The number of ether oxygens (including phenoxy) is 2. The average molecular weight is 478 g/mol. The molecule has 2 aromatic carbocycles. The van der Waals surface area contributed by atoms with Crippen LogP contribution in [-0.4, -0.2) is 38.7 Å². The third-order valence-corrected chi connectivity index (χ3v) is 6.84. The number of carbonyl (C=O) groups excluding carboxylic acids is 1. The highest BCUT2D eigenvalue weighted by Gasteiger charge is 2.30. The Morgan fingerprint density at radius 1 is 1.12 bits per heavy atom. The maximum atomic E-state index is 13.6. The van der Waals surface area contributed by atoms with Gasteiger partial charge in [0.2, 0.25) is 0 Å². The van der Waals surface area contributed by atoms with Crippen molar-refractivity contribution >= 4 is 28.9 Å². The normalized spacial score (nSPS) is 15.6. The number of carbonyl (C=O) groups is 1. The van der Waals surface area contributed by atoms with Gasteiger partial charge >= 0.3 is 0 Å². The van der Waals surface area contributed by atoms with Crippen LogP contribution >= 0.6 is 11.3 Å². The highest BCUT2D eigenvalue weighted by Crippen LogP contribution is 2.31. The molecule has 0 unspecified atom stereocenters. The summed E-state index contributed by atoms with van der Waals surface area (Å²) < 4.78 is 12.9. The molecule has 0 aliphatic carbocycles. The lowest BCUT2D eigenvalue weighted by molar-refractivity contribution is -0.114. The van der Waals surface area contributed by atoms with Crippen molar-refractivity contribution in [1.29, 1.82) is 0 Å². The van der Waals surface area contributed by atoms with Crippen molar-refractivity contribution in [1.82, 2.24) is 4.57 Å². The summed E-state index contributed by atoms with van der Waals surface area (Å²) in [5, 5.41) is 0. The first-order chi connectivity index (χ1) is 16.2. The minimum absolute atomic E-state index is 0.103. The quantitative estimate of drug-likeness (QED) is 0.546. The highest BCUT2D eigenvalue weighted by atomic mass is 32.1. The summed E-state index contributed by atoms with van der Waals surface area (Å²) in [6.45, 7) is 3.34. The fourth-order valence-electron chi connectivity index (χ4n) is 4.12. The van der Waals surface area contributed by atoms with Crippen LogP contribution in [0.25, 0.3) is 6.08 Å². The second-order valence-electron chi connectivity index (χ2n) is 8.23. The number of ketones is 1. The molecule has 1 aromatic heterocycles. The molecule has 0 radical (unpaired) electrons. The Hall–Kier alpha value is -3.65. The molecule has 176 valence electrons. The second-order valence-corrected chi connectivity index (χ2v) is 9.24. The molecule has 0 fully saturated rings. The lowest BCUT2D eigenvalue weighted by atomic mass is 9.93. The van der Waals surface area contributed by atoms with Gasteiger partial charge in [-0.25, -0.2) is 4.99 Å². The molecule has 0 amide bonds. The molecule has 34 heavy (non-hydrogen) atoms. The molecule has 0 spiro atoms. The Labute approximate surface area is 201 Å². The highest BCUT2D eigenvalue weighted by molar-refractivity contribution is 7.07. The van der Waals surface area contributed by atoms with Crippen molar-refractivity contribution in [3.8, 4) is 11.5 Å². The fraction of sp³-hybridized carbons (Fsp3) is 0.269. The van der Waals surface area contributed by atoms with Gasteiger partial charge in [-0.15, -0.1) is 0 Å². The largest absolute Gasteiger partial charge is 0.497 e. The van der Waals surface area contributed by atoms with Gasteiger partial charge in [0.05, 0.1) is 24.8 Å². The lowest BCUT2D eigenvalue weighted by Crippen LogP contribution is -2.39. The van der Waals surface area contributed by atoms with E-state index in [1.165, 1.54) is 18.3 Å². The summed E-state index contributed by atoms with van der Waals surface area (Å²) in [6.07, 6.45) is 1.79. The van der Waals surface area contributed by atoms with Crippen LogP contribution in [-0.2, 0) is 4.79 Å². The first kappa shape index (κ1) is 23.5. The maximum absolute atomic E-state index is 13.6. The van der Waals surface area contributed by atoms with Crippen molar-refractivity contribution in [3.63, 3.8) is 0 Å². The molecule has 2 heterocycles. The molecule has 8 heteroatoms. The average Bonchev–Trinajstić information content (AvgIpc) is 3.12. The van der Waals surface area contributed by atoms with E-state index in [2.05, 4.69) is 4.99 Å². The van der Waals surface area contributed by atoms with Crippen LogP contribution in [0.3, 0.4) is 0 Å². The summed E-state index contributed by atoms with van der Waals surface area (Å²) >= 11 is 1.30. The Morgan fingerprint density at radius 3 is 2.41 bits per heavy atom. The van der Waals surface area contributed by atoms with Gasteiger partial charge in [0.15, 0.2) is 10.6 Å². The van der Waals surface area contributed by atoms with Crippen LogP contribution in [0, 0.1) is 0 Å². The van der Waals surface area contributed by atoms with Crippen LogP contribution in [0.15, 0.2) is 63.5 Å². The van der Waals surface area contributed by atoms with Gasteiger partial charge in [-0.1, -0.05) is 23.5 Å². The van der Waals surface area contributed by atoms with E-state index >= 15 is 0 Å². The van der Waals surface area contributed by atoms with Crippen molar-refractivity contribution in [2.75, 3.05) is 33.2 Å². The molecule has 0 bridgehead atoms. The minimum Gasteiger partial charge on any atom is -0.497 e. The summed E-state index contributed by atoms with van der Waals surface area (Å²) in [4.78, 5) is 33.5. The molecule has 0 saturated carbocycles. The third kappa shape index (κ3) is 4.17. The topological polar surface area (TPSA) is 73.1 Å². The summed E-state index contributed by atoms with van der Waals surface area (Å²) in [6, 6.07) is 12.8. The molecule has 7 nitrogen and oxygen atoms in total. The summed E-state index contributed by atoms with van der Waals surface area (Å²) in [5.74, 6) is 1.16. The van der Waals surface area contributed by atoms with Gasteiger partial charge in [-0.3, -0.25) is 14.2 Å². The smallest absolute Gasteiger partial charge is 0.271 e. The number of rotatable bonds is 6. The van der Waals surface area contributed by atoms with Crippen LogP contribution < -0.4 is 29.3 Å². The van der Waals surface area contributed by atoms with E-state index in [4.69, 9.17) is 9.47 Å². The molecular weight excluding hydrogens is 450 g/mol. The van der Waals surface area contributed by atoms with Gasteiger partial charge < -0.3 is 14.4 Å². The zero-order valence-corrected chi connectivity index (χ0v) is 20.9. The van der Waals surface area contributed by atoms with Crippen LogP contribution in [0.4, 0.5) is 5.69 Å². The van der Waals surface area contributed by atoms with E-state index in [1.807, 2.05) is 62.3 Å². The molecule has 3 aromatic rings. The van der Waals surface area contributed by atoms with Gasteiger partial charge in [0.25, 0.3) is 5.56 Å². The number of aromatic nitrogens is 1. The van der Waals surface area contributed by atoms with E-state index in [9.17, 15) is 9.59 Å². The number of fused-ring (bicyclic) bond motifs is 1. The fourth-order valence-corrected chi connectivity index (χ4v) is 5.16. The van der Waals surface area contributed by atoms with E-state index in [1.54, 1.807) is 30.9 Å². The first-order valence-electron chi connectivity index (χ1n) is 10.8. The molecule has 0 saturated heterocycles. The van der Waals surface area contributed by atoms with E-state index < -0.39 is 6.04 Å². The zero-order valence-electron chi connectivity index (χ0n) is 20.1. The third-order valence-electron chi connectivity index (χ3n) is 5.85. The van der Waals surface area contributed by atoms with Crippen LogP contribution in [0.5, 0.6) is 11.5 Å². The molecule has 1 aliphatic rings. The molecular formula is C26H27N3O4S. The second kappa shape index (κ2) is 9.30. The van der Waals surface area contributed by atoms with Crippen molar-refractivity contribution in [3.05, 3.63) is 84.5 Å².